The van der Waals surface area contributed by atoms with Crippen LogP contribution in [0.4, 0.5) is 5.69 Å². The van der Waals surface area contributed by atoms with E-state index in [1.54, 1.807) is 6.20 Å². The highest BCUT2D eigenvalue weighted by Gasteiger charge is 2.38. The van der Waals surface area contributed by atoms with Crippen molar-refractivity contribution < 1.29 is 4.79 Å². The lowest BCUT2D eigenvalue weighted by atomic mass is 9.86. The number of aromatic amines is 2. The molecule has 0 radical (unpaired) electrons. The molecule has 0 atom stereocenters. The zero-order valence-corrected chi connectivity index (χ0v) is 11.1. The number of rotatable bonds is 1. The molecular weight excluding hydrogens is 254 g/mol. The largest absolute Gasteiger partial charge is 0.337 e. The van der Waals surface area contributed by atoms with E-state index < -0.39 is 5.41 Å². The second-order valence-electron chi connectivity index (χ2n) is 5.55. The van der Waals surface area contributed by atoms with E-state index in [9.17, 15) is 4.79 Å². The first-order chi connectivity index (χ1) is 9.55. The number of nitrogens with zero attached hydrogens (tertiary/aromatic N) is 2. The molecule has 3 aromatic rings. The Kier molecular flexibility index (Phi) is 1.95. The monoisotopic (exact) mass is 267 g/mol. The number of imidazole rings is 1. The van der Waals surface area contributed by atoms with Crippen molar-refractivity contribution in [2.24, 2.45) is 0 Å². The van der Waals surface area contributed by atoms with E-state index in [1.165, 1.54) is 0 Å². The van der Waals surface area contributed by atoms with Crippen LogP contribution in [-0.2, 0) is 10.2 Å². The highest BCUT2D eigenvalue weighted by molar-refractivity contribution is 6.07. The molecule has 3 N–H and O–H groups in total. The van der Waals surface area contributed by atoms with Gasteiger partial charge in [0.25, 0.3) is 0 Å². The molecule has 3 heterocycles. The summed E-state index contributed by atoms with van der Waals surface area (Å²) < 4.78 is 0. The van der Waals surface area contributed by atoms with Gasteiger partial charge in [0.15, 0.2) is 5.82 Å². The molecule has 1 aromatic carbocycles. The van der Waals surface area contributed by atoms with Gasteiger partial charge < -0.3 is 10.3 Å². The number of amides is 1. The Morgan fingerprint density at radius 1 is 1.25 bits per heavy atom. The average molecular weight is 267 g/mol. The highest BCUT2D eigenvalue weighted by atomic mass is 16.2. The molecule has 0 unspecified atom stereocenters. The molecule has 6 nitrogen and oxygen atoms in total. The second kappa shape index (κ2) is 3.47. The lowest BCUT2D eigenvalue weighted by molar-refractivity contribution is -0.119. The molecule has 0 spiro atoms. The van der Waals surface area contributed by atoms with Crippen molar-refractivity contribution in [3.8, 4) is 11.5 Å². The maximum atomic E-state index is 12.0. The Morgan fingerprint density at radius 3 is 2.85 bits per heavy atom. The van der Waals surface area contributed by atoms with Crippen molar-refractivity contribution in [3.63, 3.8) is 0 Å². The standard InChI is InChI=1S/C14H13N5O/c1-14(2)7-5-10-11(6-9(7)18-13(14)20)17-12(16-10)8-3-4-15-19-8/h3-6H,1-2H3,(H,15,19)(H,16,17)(H,18,20). The zero-order chi connectivity index (χ0) is 13.9. The molecule has 0 bridgehead atoms. The molecule has 2 aromatic heterocycles. The fourth-order valence-corrected chi connectivity index (χ4v) is 2.59. The first-order valence-electron chi connectivity index (χ1n) is 6.41. The quantitative estimate of drug-likeness (QED) is 0.631. The van der Waals surface area contributed by atoms with E-state index in [2.05, 4.69) is 25.5 Å². The summed E-state index contributed by atoms with van der Waals surface area (Å²) in [5.41, 5.74) is 3.90. The van der Waals surface area contributed by atoms with Crippen LogP contribution in [0.5, 0.6) is 0 Å². The minimum atomic E-state index is -0.511. The van der Waals surface area contributed by atoms with Crippen LogP contribution in [0.15, 0.2) is 24.4 Å². The summed E-state index contributed by atoms with van der Waals surface area (Å²) in [6, 6.07) is 5.76. The van der Waals surface area contributed by atoms with Gasteiger partial charge in [-0.1, -0.05) is 0 Å². The van der Waals surface area contributed by atoms with Gasteiger partial charge in [-0.05, 0) is 37.6 Å². The van der Waals surface area contributed by atoms with Crippen LogP contribution in [-0.4, -0.2) is 26.1 Å². The lowest BCUT2D eigenvalue weighted by Gasteiger charge is -2.14. The molecule has 100 valence electrons. The average Bonchev–Trinajstić information content (AvgIpc) is 3.08. The number of H-pyrrole nitrogens is 2. The fourth-order valence-electron chi connectivity index (χ4n) is 2.59. The van der Waals surface area contributed by atoms with Gasteiger partial charge in [0, 0.05) is 11.9 Å². The molecule has 20 heavy (non-hydrogen) atoms. The molecule has 0 saturated carbocycles. The number of hydrogen-bond donors (Lipinski definition) is 3. The topological polar surface area (TPSA) is 86.5 Å². The third-order valence-electron chi connectivity index (χ3n) is 3.87. The van der Waals surface area contributed by atoms with Gasteiger partial charge in [-0.3, -0.25) is 9.89 Å². The third-order valence-corrected chi connectivity index (χ3v) is 3.87. The van der Waals surface area contributed by atoms with Gasteiger partial charge in [-0.25, -0.2) is 4.98 Å². The Labute approximate surface area is 114 Å². The maximum Gasteiger partial charge on any atom is 0.234 e. The number of benzene rings is 1. The first kappa shape index (κ1) is 11.2. The van der Waals surface area contributed by atoms with Crippen LogP contribution in [0.1, 0.15) is 19.4 Å². The van der Waals surface area contributed by atoms with E-state index in [0.717, 1.165) is 33.8 Å². The maximum absolute atomic E-state index is 12.0. The van der Waals surface area contributed by atoms with E-state index in [4.69, 9.17) is 0 Å². The van der Waals surface area contributed by atoms with Crippen LogP contribution in [0.2, 0.25) is 0 Å². The van der Waals surface area contributed by atoms with E-state index in [-0.39, 0.29) is 5.91 Å². The van der Waals surface area contributed by atoms with Gasteiger partial charge in [0.1, 0.15) is 5.69 Å². The van der Waals surface area contributed by atoms with E-state index >= 15 is 0 Å². The third kappa shape index (κ3) is 1.36. The number of nitrogens with one attached hydrogen (secondary N) is 3. The summed E-state index contributed by atoms with van der Waals surface area (Å²) in [5.74, 6) is 0.763. The van der Waals surface area contributed by atoms with Gasteiger partial charge in [-0.2, -0.15) is 5.10 Å². The Balaban J connectivity index is 1.93. The summed E-state index contributed by atoms with van der Waals surface area (Å²) >= 11 is 0. The van der Waals surface area contributed by atoms with Gasteiger partial charge in [0.2, 0.25) is 5.91 Å². The van der Waals surface area contributed by atoms with Crippen molar-refractivity contribution in [1.82, 2.24) is 20.2 Å². The zero-order valence-electron chi connectivity index (χ0n) is 11.1. The van der Waals surface area contributed by atoms with Crippen molar-refractivity contribution in [2.45, 2.75) is 19.3 Å². The minimum absolute atomic E-state index is 0.0222. The normalized spacial score (nSPS) is 16.4. The molecule has 0 fully saturated rings. The smallest absolute Gasteiger partial charge is 0.234 e. The predicted octanol–water partition coefficient (Wildman–Crippen LogP) is 2.18. The number of carbonyl (C=O) groups excluding carboxylic acids is 1. The molecule has 1 aliphatic heterocycles. The first-order valence-corrected chi connectivity index (χ1v) is 6.41. The van der Waals surface area contributed by atoms with Crippen LogP contribution in [0.3, 0.4) is 0 Å². The molecule has 1 amide bonds. The molecule has 0 aliphatic carbocycles. The summed E-state index contributed by atoms with van der Waals surface area (Å²) in [6.45, 7) is 3.85. The second-order valence-corrected chi connectivity index (χ2v) is 5.55. The van der Waals surface area contributed by atoms with Gasteiger partial charge in [-0.15, -0.1) is 0 Å². The van der Waals surface area contributed by atoms with Crippen molar-refractivity contribution in [3.05, 3.63) is 30.0 Å². The van der Waals surface area contributed by atoms with E-state index in [1.807, 2.05) is 32.0 Å². The number of fused-ring (bicyclic) bond motifs is 2. The molecular formula is C14H13N5O. The summed E-state index contributed by atoms with van der Waals surface area (Å²) in [4.78, 5) is 19.7. The minimum Gasteiger partial charge on any atom is -0.337 e. The number of hydrogen-bond acceptors (Lipinski definition) is 3. The Hall–Kier alpha value is -2.63. The van der Waals surface area contributed by atoms with Crippen LogP contribution < -0.4 is 5.32 Å². The summed E-state index contributed by atoms with van der Waals surface area (Å²) in [7, 11) is 0. The predicted molar refractivity (Wildman–Crippen MR) is 75.3 cm³/mol. The number of anilines is 1. The fraction of sp³-hybridized carbons (Fsp3) is 0.214. The van der Waals surface area contributed by atoms with Crippen LogP contribution in [0, 0.1) is 0 Å². The Bertz CT molecular complexity index is 829. The lowest BCUT2D eigenvalue weighted by Crippen LogP contribution is -2.26. The molecule has 0 saturated heterocycles. The Morgan fingerprint density at radius 2 is 2.10 bits per heavy atom. The van der Waals surface area contributed by atoms with Crippen LogP contribution >= 0.6 is 0 Å². The highest BCUT2D eigenvalue weighted by Crippen LogP contribution is 2.39. The summed E-state index contributed by atoms with van der Waals surface area (Å²) in [6.07, 6.45) is 1.69. The summed E-state index contributed by atoms with van der Waals surface area (Å²) in [5, 5.41) is 9.71. The number of carbonyl (C=O) groups is 1. The van der Waals surface area contributed by atoms with Gasteiger partial charge >= 0.3 is 0 Å². The molecule has 4 rings (SSSR count). The number of aromatic nitrogens is 4. The van der Waals surface area contributed by atoms with Crippen molar-refractivity contribution in [2.75, 3.05) is 5.32 Å². The van der Waals surface area contributed by atoms with Crippen molar-refractivity contribution in [1.29, 1.82) is 0 Å². The molecule has 1 aliphatic rings. The van der Waals surface area contributed by atoms with Gasteiger partial charge in [0.05, 0.1) is 16.4 Å². The van der Waals surface area contributed by atoms with E-state index in [0.29, 0.717) is 0 Å². The van der Waals surface area contributed by atoms with Crippen LogP contribution in [0.25, 0.3) is 22.6 Å². The molecule has 6 heteroatoms. The van der Waals surface area contributed by atoms with Crippen molar-refractivity contribution >= 4 is 22.6 Å². The SMILES string of the molecule is CC1(C)C(=O)Nc2cc3nc(-c4ccn[nH]4)[nH]c3cc21.